The molecule has 0 radical (unpaired) electrons. The van der Waals surface area contributed by atoms with E-state index in [1.807, 2.05) is 25.3 Å². The summed E-state index contributed by atoms with van der Waals surface area (Å²) in [5.41, 5.74) is 2.10. The molecular weight excluding hydrogens is 422 g/mol. The molecule has 0 aliphatic carbocycles. The molecule has 3 aromatic rings. The van der Waals surface area contributed by atoms with Crippen LogP contribution in [0.2, 0.25) is 5.02 Å². The predicted molar refractivity (Wildman–Crippen MR) is 120 cm³/mol. The maximum atomic E-state index is 11.1. The number of hydrogen-bond donors (Lipinski definition) is 3. The van der Waals surface area contributed by atoms with Gasteiger partial charge in [-0.3, -0.25) is 0 Å². The number of anilines is 2. The van der Waals surface area contributed by atoms with Crippen LogP contribution in [0.25, 0.3) is 10.4 Å². The molecule has 0 saturated carbocycles. The quantitative estimate of drug-likeness (QED) is 0.539. The average molecular weight is 446 g/mol. The minimum absolute atomic E-state index is 0.320. The molecule has 0 spiro atoms. The third-order valence-corrected chi connectivity index (χ3v) is 6.59. The van der Waals surface area contributed by atoms with E-state index in [1.165, 1.54) is 13.3 Å². The Balaban J connectivity index is 1.60. The van der Waals surface area contributed by atoms with Gasteiger partial charge in [-0.2, -0.15) is 4.98 Å². The van der Waals surface area contributed by atoms with E-state index in [-0.39, 0.29) is 0 Å². The van der Waals surface area contributed by atoms with Gasteiger partial charge in [0.2, 0.25) is 11.8 Å². The number of rotatable bonds is 5. The van der Waals surface area contributed by atoms with Crippen molar-refractivity contribution in [3.63, 3.8) is 0 Å². The first-order valence-corrected chi connectivity index (χ1v) is 11.0. The van der Waals surface area contributed by atoms with E-state index in [1.54, 1.807) is 11.3 Å². The molecule has 0 amide bonds. The van der Waals surface area contributed by atoms with Crippen LogP contribution in [-0.2, 0) is 5.60 Å². The third kappa shape index (κ3) is 4.57. The fourth-order valence-electron chi connectivity index (χ4n) is 3.57. The van der Waals surface area contributed by atoms with Crippen LogP contribution in [0.1, 0.15) is 29.8 Å². The van der Waals surface area contributed by atoms with E-state index >= 15 is 0 Å². The zero-order valence-electron chi connectivity index (χ0n) is 16.9. The fraction of sp³-hybridized carbons (Fsp3) is 0.381. The van der Waals surface area contributed by atoms with Gasteiger partial charge in [0, 0.05) is 11.9 Å². The molecule has 158 valence electrons. The molecule has 1 aliphatic heterocycles. The van der Waals surface area contributed by atoms with E-state index in [9.17, 15) is 5.11 Å². The lowest BCUT2D eigenvalue weighted by Gasteiger charge is -2.23. The van der Waals surface area contributed by atoms with Crippen molar-refractivity contribution >= 4 is 34.6 Å². The Bertz CT molecular complexity index is 1030. The highest BCUT2D eigenvalue weighted by Gasteiger charge is 2.33. The number of aryl methyl sites for hydroxylation is 1. The SMILES string of the molecule is COc1nc(Nc2cc(C)cc(-c3cnc([C@@]4(O)CCCNCC4)s3)c2)ncc1Cl. The van der Waals surface area contributed by atoms with Crippen LogP contribution in [0.3, 0.4) is 0 Å². The van der Waals surface area contributed by atoms with Gasteiger partial charge >= 0.3 is 0 Å². The van der Waals surface area contributed by atoms with Gasteiger partial charge in [0.05, 0.1) is 18.2 Å². The van der Waals surface area contributed by atoms with Crippen molar-refractivity contribution in [2.75, 3.05) is 25.5 Å². The Morgan fingerprint density at radius 3 is 2.90 bits per heavy atom. The minimum atomic E-state index is -0.856. The van der Waals surface area contributed by atoms with Gasteiger partial charge in [0.25, 0.3) is 0 Å². The van der Waals surface area contributed by atoms with Crippen molar-refractivity contribution in [3.8, 4) is 16.3 Å². The number of thiazole rings is 1. The minimum Gasteiger partial charge on any atom is -0.480 e. The Kier molecular flexibility index (Phi) is 6.19. The van der Waals surface area contributed by atoms with Gasteiger partial charge in [-0.25, -0.2) is 9.97 Å². The van der Waals surface area contributed by atoms with Crippen molar-refractivity contribution in [3.05, 3.63) is 46.2 Å². The number of nitrogens with one attached hydrogen (secondary N) is 2. The zero-order chi connectivity index (χ0) is 21.1. The molecule has 9 heteroatoms. The number of hydrogen-bond acceptors (Lipinski definition) is 8. The van der Waals surface area contributed by atoms with Gasteiger partial charge in [0.1, 0.15) is 15.6 Å². The monoisotopic (exact) mass is 445 g/mol. The molecule has 1 atom stereocenters. The molecule has 1 aromatic carbocycles. The van der Waals surface area contributed by atoms with Crippen molar-refractivity contribution in [1.82, 2.24) is 20.3 Å². The van der Waals surface area contributed by atoms with E-state index < -0.39 is 5.60 Å². The van der Waals surface area contributed by atoms with Crippen molar-refractivity contribution < 1.29 is 9.84 Å². The van der Waals surface area contributed by atoms with Gasteiger partial charge in [-0.1, -0.05) is 17.7 Å². The Morgan fingerprint density at radius 2 is 2.07 bits per heavy atom. The highest BCUT2D eigenvalue weighted by atomic mass is 35.5. The first-order valence-electron chi connectivity index (χ1n) is 9.82. The number of ether oxygens (including phenoxy) is 1. The van der Waals surface area contributed by atoms with Crippen LogP contribution in [0.15, 0.2) is 30.6 Å². The summed E-state index contributed by atoms with van der Waals surface area (Å²) >= 11 is 7.56. The van der Waals surface area contributed by atoms with E-state index in [4.69, 9.17) is 16.3 Å². The Morgan fingerprint density at radius 1 is 1.20 bits per heavy atom. The maximum Gasteiger partial charge on any atom is 0.237 e. The van der Waals surface area contributed by atoms with Crippen LogP contribution in [-0.4, -0.2) is 40.3 Å². The molecule has 3 N–H and O–H groups in total. The number of benzene rings is 1. The highest BCUT2D eigenvalue weighted by Crippen LogP contribution is 2.38. The zero-order valence-corrected chi connectivity index (χ0v) is 18.5. The number of methoxy groups -OCH3 is 1. The number of aliphatic hydroxyl groups is 1. The van der Waals surface area contributed by atoms with Crippen LogP contribution in [0.4, 0.5) is 11.6 Å². The predicted octanol–water partition coefficient (Wildman–Crippen LogP) is 4.28. The van der Waals surface area contributed by atoms with Gasteiger partial charge in [-0.15, -0.1) is 11.3 Å². The molecule has 3 heterocycles. The molecule has 1 fully saturated rings. The van der Waals surface area contributed by atoms with Crippen LogP contribution >= 0.6 is 22.9 Å². The topological polar surface area (TPSA) is 92.2 Å². The van der Waals surface area contributed by atoms with Crippen molar-refractivity contribution in [2.24, 2.45) is 0 Å². The molecule has 2 aromatic heterocycles. The van der Waals surface area contributed by atoms with Crippen LogP contribution < -0.4 is 15.4 Å². The number of halogens is 1. The second-order valence-electron chi connectivity index (χ2n) is 7.43. The third-order valence-electron chi connectivity index (χ3n) is 5.09. The Hall–Kier alpha value is -2.26. The molecule has 1 saturated heterocycles. The fourth-order valence-corrected chi connectivity index (χ4v) is 4.79. The largest absolute Gasteiger partial charge is 0.480 e. The number of aromatic nitrogens is 3. The Labute approximate surface area is 184 Å². The standard InChI is InChI=1S/C21H24ClN5O2S/c1-13-8-14(10-15(9-13)26-20-25-11-16(22)18(27-20)29-2)17-12-24-19(30-17)21(28)4-3-6-23-7-5-21/h8-12,23,28H,3-7H2,1-2H3,(H,25,26,27)/t21-/m1/s1. The molecule has 1 aliphatic rings. The summed E-state index contributed by atoms with van der Waals surface area (Å²) in [4.78, 5) is 14.1. The van der Waals surface area contributed by atoms with Gasteiger partial charge < -0.3 is 20.5 Å². The molecular formula is C21H24ClN5O2S. The van der Waals surface area contributed by atoms with Crippen molar-refractivity contribution in [2.45, 2.75) is 31.8 Å². The normalized spacial score (nSPS) is 19.3. The summed E-state index contributed by atoms with van der Waals surface area (Å²) < 4.78 is 5.16. The van der Waals surface area contributed by atoms with E-state index in [0.717, 1.165) is 52.6 Å². The number of nitrogens with zero attached hydrogens (tertiary/aromatic N) is 3. The smallest absolute Gasteiger partial charge is 0.237 e. The second kappa shape index (κ2) is 8.85. The first-order chi connectivity index (χ1) is 14.5. The van der Waals surface area contributed by atoms with Crippen molar-refractivity contribution in [1.29, 1.82) is 0 Å². The first kappa shape index (κ1) is 21.0. The lowest BCUT2D eigenvalue weighted by atomic mass is 9.96. The van der Waals surface area contributed by atoms with E-state index in [2.05, 4.69) is 31.7 Å². The molecule has 30 heavy (non-hydrogen) atoms. The van der Waals surface area contributed by atoms with Gasteiger partial charge in [-0.05, 0) is 62.5 Å². The van der Waals surface area contributed by atoms with Crippen LogP contribution in [0, 0.1) is 6.92 Å². The second-order valence-corrected chi connectivity index (χ2v) is 8.87. The van der Waals surface area contributed by atoms with Crippen LogP contribution in [0.5, 0.6) is 5.88 Å². The van der Waals surface area contributed by atoms with Gasteiger partial charge in [0.15, 0.2) is 0 Å². The summed E-state index contributed by atoms with van der Waals surface area (Å²) in [5, 5.41) is 18.8. The average Bonchev–Trinajstić information content (AvgIpc) is 3.13. The summed E-state index contributed by atoms with van der Waals surface area (Å²) in [6.07, 6.45) is 5.69. The maximum absolute atomic E-state index is 11.1. The molecule has 0 unspecified atom stereocenters. The lowest BCUT2D eigenvalue weighted by Crippen LogP contribution is -2.26. The van der Waals surface area contributed by atoms with E-state index in [0.29, 0.717) is 23.3 Å². The summed E-state index contributed by atoms with van der Waals surface area (Å²) in [6, 6.07) is 6.14. The molecule has 4 rings (SSSR count). The summed E-state index contributed by atoms with van der Waals surface area (Å²) in [5.74, 6) is 0.721. The molecule has 0 bridgehead atoms. The summed E-state index contributed by atoms with van der Waals surface area (Å²) in [6.45, 7) is 3.77. The molecule has 7 nitrogen and oxygen atoms in total. The highest BCUT2D eigenvalue weighted by molar-refractivity contribution is 7.15. The summed E-state index contributed by atoms with van der Waals surface area (Å²) in [7, 11) is 1.52. The lowest BCUT2D eigenvalue weighted by molar-refractivity contribution is 0.0238.